The first-order valence-electron chi connectivity index (χ1n) is 7.31. The van der Waals surface area contributed by atoms with Gasteiger partial charge in [0.1, 0.15) is 18.9 Å². The predicted octanol–water partition coefficient (Wildman–Crippen LogP) is -5.54. The minimum atomic E-state index is -5.01. The monoisotopic (exact) mass is 397 g/mol. The molecule has 0 saturated carbocycles. The van der Waals surface area contributed by atoms with Crippen LogP contribution in [0.5, 0.6) is 0 Å². The Bertz CT molecular complexity index is 744. The second kappa shape index (κ2) is 5.86. The summed E-state index contributed by atoms with van der Waals surface area (Å²) in [5, 5.41) is 26.9. The van der Waals surface area contributed by atoms with Gasteiger partial charge in [-0.1, -0.05) is 0 Å². The summed E-state index contributed by atoms with van der Waals surface area (Å²) in [7, 11) is -5.01. The Morgan fingerprint density at radius 2 is 2.12 bits per heavy atom. The van der Waals surface area contributed by atoms with Crippen molar-refractivity contribution in [2.45, 2.75) is 35.9 Å². The van der Waals surface area contributed by atoms with Crippen molar-refractivity contribution in [3.63, 3.8) is 0 Å². The Morgan fingerprint density at radius 3 is 2.69 bits per heavy atom. The molecular formula is C10H19N7O8S. The summed E-state index contributed by atoms with van der Waals surface area (Å²) in [5.74, 6) is -3.13. The number of amides is 1. The molecule has 0 aromatic carbocycles. The fourth-order valence-corrected chi connectivity index (χ4v) is 4.16. The third kappa shape index (κ3) is 2.76. The normalized spacial score (nSPS) is 38.5. The molecule has 1 amide bonds. The zero-order valence-electron chi connectivity index (χ0n) is 13.1. The van der Waals surface area contributed by atoms with Gasteiger partial charge in [0.25, 0.3) is 0 Å². The fourth-order valence-electron chi connectivity index (χ4n) is 3.67. The lowest BCUT2D eigenvalue weighted by molar-refractivity contribution is -0.254. The summed E-state index contributed by atoms with van der Waals surface area (Å²) in [4.78, 5) is 16.1. The summed E-state index contributed by atoms with van der Waals surface area (Å²) in [6.45, 7) is -0.818. The number of nitrogens with zero attached hydrogens (tertiary/aromatic N) is 2. The maximum atomic E-state index is 11.1. The van der Waals surface area contributed by atoms with Gasteiger partial charge in [-0.3, -0.25) is 15.2 Å². The molecule has 1 unspecified atom stereocenters. The second-order valence-electron chi connectivity index (χ2n) is 6.07. The molecule has 5 atom stereocenters. The van der Waals surface area contributed by atoms with Gasteiger partial charge in [0, 0.05) is 0 Å². The quantitative estimate of drug-likeness (QED) is 0.163. The van der Waals surface area contributed by atoms with Gasteiger partial charge >= 0.3 is 16.5 Å². The van der Waals surface area contributed by atoms with E-state index in [0.29, 0.717) is 0 Å². The third-order valence-corrected chi connectivity index (χ3v) is 5.04. The van der Waals surface area contributed by atoms with E-state index in [1.165, 1.54) is 0 Å². The molecule has 26 heavy (non-hydrogen) atoms. The van der Waals surface area contributed by atoms with E-state index in [9.17, 15) is 23.4 Å². The minimum absolute atomic E-state index is 0.225. The number of carbonyl (C=O) groups excluding carboxylic acids is 1. The Hall–Kier alpha value is -1.79. The van der Waals surface area contributed by atoms with E-state index >= 15 is 0 Å². The standard InChI is InChI=1S/C10H19N7O8S/c11-6-15-5-3(2-24-8(13)18)14-7(12)17-1-4(25-26(21,22)23)10(19,20)9(5,17)16-6/h3-6,15-16,19-20H,1-2,11H2,(H2,12,14)(H2,13,18)(H,21,22,23)/t3-,4+,5-,6?,9-/m0/s1. The molecule has 0 aliphatic carbocycles. The number of carbonyl (C=O) groups is 1. The van der Waals surface area contributed by atoms with Crippen LogP contribution >= 0.6 is 0 Å². The van der Waals surface area contributed by atoms with Crippen molar-refractivity contribution in [1.82, 2.24) is 15.5 Å². The van der Waals surface area contributed by atoms with Crippen molar-refractivity contribution < 1.29 is 36.9 Å². The van der Waals surface area contributed by atoms with E-state index in [1.807, 2.05) is 0 Å². The third-order valence-electron chi connectivity index (χ3n) is 4.56. The smallest absolute Gasteiger partial charge is 0.404 e. The summed E-state index contributed by atoms with van der Waals surface area (Å²) >= 11 is 0. The molecule has 0 aromatic heterocycles. The van der Waals surface area contributed by atoms with E-state index in [2.05, 4.69) is 19.8 Å². The molecule has 0 bridgehead atoms. The average molecular weight is 397 g/mol. The molecule has 11 N–H and O–H groups in total. The predicted molar refractivity (Wildman–Crippen MR) is 82.0 cm³/mol. The van der Waals surface area contributed by atoms with Crippen LogP contribution in [-0.4, -0.2) is 89.2 Å². The van der Waals surface area contributed by atoms with Crippen LogP contribution < -0.4 is 27.8 Å². The number of primary amides is 1. The highest BCUT2D eigenvalue weighted by atomic mass is 32.3. The second-order valence-corrected chi connectivity index (χ2v) is 7.11. The Balaban J connectivity index is 2.03. The van der Waals surface area contributed by atoms with Crippen molar-refractivity contribution in [1.29, 1.82) is 0 Å². The average Bonchev–Trinajstić information content (AvgIpc) is 2.93. The first-order chi connectivity index (χ1) is 11.9. The number of rotatable bonds is 4. The van der Waals surface area contributed by atoms with Gasteiger partial charge in [-0.05, 0) is 0 Å². The Labute approximate surface area is 147 Å². The molecule has 0 aromatic rings. The molecule has 3 rings (SSSR count). The summed E-state index contributed by atoms with van der Waals surface area (Å²) in [6.07, 6.45) is -3.89. The number of hydrogen-bond acceptors (Lipinski definition) is 13. The van der Waals surface area contributed by atoms with E-state index in [1.54, 1.807) is 0 Å². The number of ether oxygens (including phenoxy) is 1. The molecule has 16 heteroatoms. The highest BCUT2D eigenvalue weighted by Crippen LogP contribution is 2.44. The maximum absolute atomic E-state index is 11.1. The van der Waals surface area contributed by atoms with Gasteiger partial charge in [0.15, 0.2) is 17.7 Å². The topological polar surface area (TPSA) is 248 Å². The molecule has 148 valence electrons. The number of nitrogens with two attached hydrogens (primary N) is 3. The molecule has 2 fully saturated rings. The molecule has 0 radical (unpaired) electrons. The lowest BCUT2D eigenvalue weighted by Crippen LogP contribution is -2.77. The van der Waals surface area contributed by atoms with Crippen LogP contribution in [0, 0.1) is 0 Å². The number of guanidine groups is 1. The van der Waals surface area contributed by atoms with Crippen LogP contribution in [0.2, 0.25) is 0 Å². The van der Waals surface area contributed by atoms with Crippen molar-refractivity contribution in [2.24, 2.45) is 22.2 Å². The number of hydrogen-bond donors (Lipinski definition) is 8. The van der Waals surface area contributed by atoms with Crippen LogP contribution in [0.15, 0.2) is 4.99 Å². The van der Waals surface area contributed by atoms with Crippen LogP contribution in [-0.2, 0) is 19.3 Å². The largest absolute Gasteiger partial charge is 0.447 e. The van der Waals surface area contributed by atoms with Crippen molar-refractivity contribution in [3.8, 4) is 0 Å². The lowest BCUT2D eigenvalue weighted by atomic mass is 9.86. The van der Waals surface area contributed by atoms with Gasteiger partial charge in [0.05, 0.1) is 12.6 Å². The van der Waals surface area contributed by atoms with Gasteiger partial charge in [-0.25, -0.2) is 14.0 Å². The molecular weight excluding hydrogens is 378 g/mol. The SMILES string of the molecule is NC(=O)OC[C@@H]1N=C(N)N2C[C@@H](OS(=O)(=O)O)C(O)(O)[C@@]23NC(N)N[C@@H]13. The maximum Gasteiger partial charge on any atom is 0.404 e. The molecule has 3 heterocycles. The summed E-state index contributed by atoms with van der Waals surface area (Å²) < 4.78 is 40.1. The van der Waals surface area contributed by atoms with E-state index in [4.69, 9.17) is 26.5 Å². The Morgan fingerprint density at radius 1 is 1.46 bits per heavy atom. The van der Waals surface area contributed by atoms with Crippen molar-refractivity contribution >= 4 is 22.5 Å². The van der Waals surface area contributed by atoms with Crippen molar-refractivity contribution in [2.75, 3.05) is 13.2 Å². The number of aliphatic imine (C=N–C) groups is 1. The number of aliphatic hydroxyl groups is 2. The molecule has 3 aliphatic rings. The van der Waals surface area contributed by atoms with Gasteiger partial charge in [-0.15, -0.1) is 0 Å². The molecule has 1 spiro atoms. The molecule has 15 nitrogen and oxygen atoms in total. The first-order valence-corrected chi connectivity index (χ1v) is 8.68. The van der Waals surface area contributed by atoms with Crippen LogP contribution in [0.25, 0.3) is 0 Å². The fraction of sp³-hybridized carbons (Fsp3) is 0.800. The highest BCUT2D eigenvalue weighted by Gasteiger charge is 2.74. The summed E-state index contributed by atoms with van der Waals surface area (Å²) in [5.41, 5.74) is 14.7. The molecule has 2 saturated heterocycles. The number of nitrogens with one attached hydrogen (secondary N) is 2. The van der Waals surface area contributed by atoms with Crippen molar-refractivity contribution in [3.05, 3.63) is 0 Å². The van der Waals surface area contributed by atoms with Crippen LogP contribution in [0.3, 0.4) is 0 Å². The van der Waals surface area contributed by atoms with Gasteiger partial charge < -0.3 is 37.1 Å². The zero-order chi connectivity index (χ0) is 19.5. The lowest BCUT2D eigenvalue weighted by Gasteiger charge is -2.49. The Kier molecular flexibility index (Phi) is 4.28. The molecule has 3 aliphatic heterocycles. The van der Waals surface area contributed by atoms with E-state index < -0.39 is 59.0 Å². The first kappa shape index (κ1) is 19.0. The minimum Gasteiger partial charge on any atom is -0.447 e. The van der Waals surface area contributed by atoms with Gasteiger partial charge in [0.2, 0.25) is 5.79 Å². The summed E-state index contributed by atoms with van der Waals surface area (Å²) in [6, 6.07) is -1.95. The van der Waals surface area contributed by atoms with Crippen LogP contribution in [0.1, 0.15) is 0 Å². The van der Waals surface area contributed by atoms with Crippen LogP contribution in [0.4, 0.5) is 4.79 Å². The zero-order valence-corrected chi connectivity index (χ0v) is 14.0. The van der Waals surface area contributed by atoms with Gasteiger partial charge in [-0.2, -0.15) is 8.42 Å². The highest BCUT2D eigenvalue weighted by molar-refractivity contribution is 7.80. The van der Waals surface area contributed by atoms with E-state index in [-0.39, 0.29) is 12.6 Å². The van der Waals surface area contributed by atoms with E-state index in [0.717, 1.165) is 4.90 Å².